The molecule has 3 nitrogen and oxygen atoms in total. The van der Waals surface area contributed by atoms with Gasteiger partial charge >= 0.3 is 0 Å². The van der Waals surface area contributed by atoms with E-state index in [-0.39, 0.29) is 11.8 Å². The van der Waals surface area contributed by atoms with Crippen LogP contribution in [0.1, 0.15) is 23.3 Å². The van der Waals surface area contributed by atoms with Gasteiger partial charge in [-0.25, -0.2) is 4.98 Å². The zero-order valence-corrected chi connectivity index (χ0v) is 12.6. The second-order valence-corrected chi connectivity index (χ2v) is 6.73. The minimum atomic E-state index is 0.115. The Morgan fingerprint density at radius 2 is 2.11 bits per heavy atom. The first-order chi connectivity index (χ1) is 9.20. The van der Waals surface area contributed by atoms with Gasteiger partial charge in [0.25, 0.3) is 0 Å². The second-order valence-electron chi connectivity index (χ2n) is 4.70. The number of rotatable bonds is 4. The molecule has 1 aliphatic rings. The Kier molecular flexibility index (Phi) is 3.66. The summed E-state index contributed by atoms with van der Waals surface area (Å²) in [5.41, 5.74) is 1.24. The number of thiazole rings is 1. The van der Waals surface area contributed by atoms with Crippen LogP contribution in [0.25, 0.3) is 0 Å². The van der Waals surface area contributed by atoms with Crippen LogP contribution in [-0.2, 0) is 11.2 Å². The predicted octanol–water partition coefficient (Wildman–Crippen LogP) is 3.84. The Morgan fingerprint density at radius 3 is 2.79 bits per heavy atom. The molecule has 2 aromatic rings. The minimum absolute atomic E-state index is 0.115. The molecular formula is C14H13BrN2OS. The van der Waals surface area contributed by atoms with Gasteiger partial charge in [0.1, 0.15) is 0 Å². The van der Waals surface area contributed by atoms with Gasteiger partial charge in [0.2, 0.25) is 5.91 Å². The van der Waals surface area contributed by atoms with Gasteiger partial charge in [-0.15, -0.1) is 11.3 Å². The van der Waals surface area contributed by atoms with Crippen molar-refractivity contribution in [2.24, 2.45) is 5.92 Å². The molecule has 19 heavy (non-hydrogen) atoms. The number of hydrogen-bond acceptors (Lipinski definition) is 3. The smallest absolute Gasteiger partial charge is 0.229 e. The SMILES string of the molecule is O=C(Nc1ncc(Cc2ccc(Br)cc2)s1)C1CC1. The highest BCUT2D eigenvalue weighted by Gasteiger charge is 2.30. The maximum atomic E-state index is 11.6. The molecule has 1 amide bonds. The molecule has 1 aliphatic carbocycles. The largest absolute Gasteiger partial charge is 0.302 e. The molecule has 0 unspecified atom stereocenters. The van der Waals surface area contributed by atoms with Crippen LogP contribution in [0.5, 0.6) is 0 Å². The number of nitrogens with zero attached hydrogens (tertiary/aromatic N) is 1. The molecule has 0 aliphatic heterocycles. The van der Waals surface area contributed by atoms with Crippen LogP contribution in [0.3, 0.4) is 0 Å². The number of aromatic nitrogens is 1. The Hall–Kier alpha value is -1.20. The van der Waals surface area contributed by atoms with Crippen molar-refractivity contribution in [2.45, 2.75) is 19.3 Å². The molecule has 0 radical (unpaired) electrons. The first-order valence-corrected chi connectivity index (χ1v) is 7.81. The van der Waals surface area contributed by atoms with E-state index in [9.17, 15) is 4.79 Å². The fourth-order valence-corrected chi connectivity index (χ4v) is 2.92. The number of hydrogen-bond donors (Lipinski definition) is 1. The lowest BCUT2D eigenvalue weighted by Crippen LogP contribution is -2.12. The number of benzene rings is 1. The summed E-state index contributed by atoms with van der Waals surface area (Å²) in [5.74, 6) is 0.336. The second kappa shape index (κ2) is 5.43. The van der Waals surface area contributed by atoms with E-state index in [1.165, 1.54) is 5.56 Å². The number of nitrogens with one attached hydrogen (secondary N) is 1. The van der Waals surface area contributed by atoms with E-state index >= 15 is 0 Å². The van der Waals surface area contributed by atoms with Crippen LogP contribution in [0, 0.1) is 5.92 Å². The molecule has 1 saturated carbocycles. The number of halogens is 1. The van der Waals surface area contributed by atoms with Gasteiger partial charge in [-0.05, 0) is 30.5 Å². The molecule has 0 saturated heterocycles. The van der Waals surface area contributed by atoms with Crippen LogP contribution < -0.4 is 5.32 Å². The molecule has 3 rings (SSSR count). The standard InChI is InChI=1S/C14H13BrN2OS/c15-11-5-1-9(2-6-11)7-12-8-16-14(19-12)17-13(18)10-3-4-10/h1-2,5-6,8,10H,3-4,7H2,(H,16,17,18). The first kappa shape index (κ1) is 12.8. The highest BCUT2D eigenvalue weighted by Crippen LogP contribution is 2.31. The predicted molar refractivity (Wildman–Crippen MR) is 80.4 cm³/mol. The first-order valence-electron chi connectivity index (χ1n) is 6.21. The third-order valence-electron chi connectivity index (χ3n) is 3.02. The van der Waals surface area contributed by atoms with Crippen LogP contribution in [0.4, 0.5) is 5.13 Å². The average Bonchev–Trinajstić information content (AvgIpc) is 3.16. The van der Waals surface area contributed by atoms with E-state index in [2.05, 4.69) is 38.4 Å². The van der Waals surface area contributed by atoms with E-state index in [4.69, 9.17) is 0 Å². The van der Waals surface area contributed by atoms with E-state index < -0.39 is 0 Å². The Labute approximate surface area is 124 Å². The highest BCUT2D eigenvalue weighted by atomic mass is 79.9. The molecule has 1 aromatic carbocycles. The maximum Gasteiger partial charge on any atom is 0.229 e. The van der Waals surface area contributed by atoms with Gasteiger partial charge < -0.3 is 5.32 Å². The molecule has 0 spiro atoms. The minimum Gasteiger partial charge on any atom is -0.302 e. The fourth-order valence-electron chi connectivity index (χ4n) is 1.80. The molecular weight excluding hydrogens is 324 g/mol. The van der Waals surface area contributed by atoms with Crippen LogP contribution in [0.15, 0.2) is 34.9 Å². The maximum absolute atomic E-state index is 11.6. The summed E-state index contributed by atoms with van der Waals surface area (Å²) in [4.78, 5) is 17.0. The van der Waals surface area contributed by atoms with Crippen molar-refractivity contribution in [2.75, 3.05) is 5.32 Å². The summed E-state index contributed by atoms with van der Waals surface area (Å²) in [6, 6.07) is 8.25. The van der Waals surface area contributed by atoms with Gasteiger partial charge in [-0.3, -0.25) is 4.79 Å². The van der Waals surface area contributed by atoms with Crippen molar-refractivity contribution in [3.05, 3.63) is 45.4 Å². The van der Waals surface area contributed by atoms with Gasteiger partial charge in [-0.1, -0.05) is 28.1 Å². The molecule has 1 aromatic heterocycles. The molecule has 1 heterocycles. The Bertz CT molecular complexity index is 590. The number of anilines is 1. The fraction of sp³-hybridized carbons (Fsp3) is 0.286. The van der Waals surface area contributed by atoms with E-state index in [0.29, 0.717) is 5.13 Å². The van der Waals surface area contributed by atoms with Crippen molar-refractivity contribution in [1.82, 2.24) is 4.98 Å². The van der Waals surface area contributed by atoms with Crippen molar-refractivity contribution >= 4 is 38.3 Å². The lowest BCUT2D eigenvalue weighted by atomic mass is 10.1. The molecule has 1 N–H and O–H groups in total. The van der Waals surface area contributed by atoms with Crippen LogP contribution >= 0.6 is 27.3 Å². The normalized spacial score (nSPS) is 14.4. The summed E-state index contributed by atoms with van der Waals surface area (Å²) >= 11 is 4.97. The molecule has 0 atom stereocenters. The Morgan fingerprint density at radius 1 is 1.37 bits per heavy atom. The summed E-state index contributed by atoms with van der Waals surface area (Å²) in [6.45, 7) is 0. The van der Waals surface area contributed by atoms with Gasteiger partial charge in [0, 0.05) is 27.9 Å². The molecule has 98 valence electrons. The third-order valence-corrected chi connectivity index (χ3v) is 4.46. The summed E-state index contributed by atoms with van der Waals surface area (Å²) < 4.78 is 1.08. The monoisotopic (exact) mass is 336 g/mol. The van der Waals surface area contributed by atoms with Crippen LogP contribution in [0.2, 0.25) is 0 Å². The van der Waals surface area contributed by atoms with Crippen molar-refractivity contribution in [3.63, 3.8) is 0 Å². The zero-order valence-electron chi connectivity index (χ0n) is 10.2. The van der Waals surface area contributed by atoms with Gasteiger partial charge in [0.15, 0.2) is 5.13 Å². The number of carbonyl (C=O) groups excluding carboxylic acids is 1. The summed E-state index contributed by atoms with van der Waals surface area (Å²) in [5, 5.41) is 3.59. The topological polar surface area (TPSA) is 42.0 Å². The Balaban J connectivity index is 1.64. The number of amides is 1. The van der Waals surface area contributed by atoms with E-state index in [1.807, 2.05) is 18.3 Å². The molecule has 0 bridgehead atoms. The highest BCUT2D eigenvalue weighted by molar-refractivity contribution is 9.10. The average molecular weight is 337 g/mol. The van der Waals surface area contributed by atoms with Crippen molar-refractivity contribution < 1.29 is 4.79 Å². The summed E-state index contributed by atoms with van der Waals surface area (Å²) in [6.07, 6.45) is 4.73. The number of carbonyl (C=O) groups is 1. The lowest BCUT2D eigenvalue weighted by Gasteiger charge is -1.99. The van der Waals surface area contributed by atoms with E-state index in [0.717, 1.165) is 28.6 Å². The third kappa shape index (κ3) is 3.42. The zero-order chi connectivity index (χ0) is 13.2. The van der Waals surface area contributed by atoms with Gasteiger partial charge in [-0.2, -0.15) is 0 Å². The van der Waals surface area contributed by atoms with Crippen molar-refractivity contribution in [1.29, 1.82) is 0 Å². The lowest BCUT2D eigenvalue weighted by molar-refractivity contribution is -0.117. The summed E-state index contributed by atoms with van der Waals surface area (Å²) in [7, 11) is 0. The quantitative estimate of drug-likeness (QED) is 0.921. The molecule has 5 heteroatoms. The van der Waals surface area contributed by atoms with E-state index in [1.54, 1.807) is 11.3 Å². The van der Waals surface area contributed by atoms with Crippen LogP contribution in [-0.4, -0.2) is 10.9 Å². The molecule has 1 fully saturated rings. The van der Waals surface area contributed by atoms with Crippen molar-refractivity contribution in [3.8, 4) is 0 Å². The van der Waals surface area contributed by atoms with Gasteiger partial charge in [0.05, 0.1) is 0 Å².